The number of aromatic nitrogens is 1. The van der Waals surface area contributed by atoms with Crippen molar-refractivity contribution in [2.75, 3.05) is 19.6 Å². The lowest BCUT2D eigenvalue weighted by molar-refractivity contribution is -0.139. The van der Waals surface area contributed by atoms with Gasteiger partial charge in [-0.3, -0.25) is 14.7 Å². The fourth-order valence-corrected chi connectivity index (χ4v) is 4.34. The normalized spacial score (nSPS) is 23.7. The number of rotatable bonds is 4. The third kappa shape index (κ3) is 3.49. The van der Waals surface area contributed by atoms with E-state index in [0.29, 0.717) is 6.54 Å². The molecule has 2 aromatic rings. The monoisotopic (exact) mass is 353 g/mol. The first-order valence-corrected chi connectivity index (χ1v) is 9.30. The molecular formula is C21H24FN3O. The predicted molar refractivity (Wildman–Crippen MR) is 97.6 cm³/mol. The Morgan fingerprint density at radius 3 is 2.65 bits per heavy atom. The lowest BCUT2D eigenvalue weighted by Crippen LogP contribution is -2.47. The van der Waals surface area contributed by atoms with Crippen molar-refractivity contribution in [3.8, 4) is 0 Å². The van der Waals surface area contributed by atoms with Crippen molar-refractivity contribution in [1.29, 1.82) is 0 Å². The fraction of sp³-hybridized carbons (Fsp3) is 0.429. The number of pyridine rings is 1. The van der Waals surface area contributed by atoms with Gasteiger partial charge in [0.1, 0.15) is 5.82 Å². The largest absolute Gasteiger partial charge is 0.338 e. The SMILES string of the molecule is O=C1N(Cc2cccnc2)CC[C@@]12CCCN(Cc1ccc(F)cc1)C2. The summed E-state index contributed by atoms with van der Waals surface area (Å²) in [4.78, 5) is 21.6. The van der Waals surface area contributed by atoms with E-state index >= 15 is 0 Å². The van der Waals surface area contributed by atoms with Crippen LogP contribution in [0.5, 0.6) is 0 Å². The molecule has 1 aromatic carbocycles. The average Bonchev–Trinajstić information content (AvgIpc) is 2.94. The maximum atomic E-state index is 13.2. The first kappa shape index (κ1) is 17.2. The molecule has 2 aliphatic heterocycles. The Hall–Kier alpha value is -2.27. The highest BCUT2D eigenvalue weighted by atomic mass is 19.1. The van der Waals surface area contributed by atoms with Crippen LogP contribution in [-0.2, 0) is 17.9 Å². The maximum absolute atomic E-state index is 13.2. The molecule has 1 spiro atoms. The van der Waals surface area contributed by atoms with Crippen LogP contribution in [0.2, 0.25) is 0 Å². The second kappa shape index (κ2) is 7.16. The van der Waals surface area contributed by atoms with Crippen LogP contribution in [0.4, 0.5) is 4.39 Å². The van der Waals surface area contributed by atoms with Crippen LogP contribution in [0.15, 0.2) is 48.8 Å². The summed E-state index contributed by atoms with van der Waals surface area (Å²) in [6.45, 7) is 4.03. The van der Waals surface area contributed by atoms with E-state index in [2.05, 4.69) is 9.88 Å². The highest BCUT2D eigenvalue weighted by Crippen LogP contribution is 2.41. The molecule has 4 nitrogen and oxygen atoms in total. The lowest BCUT2D eigenvalue weighted by Gasteiger charge is -2.39. The van der Waals surface area contributed by atoms with Crippen molar-refractivity contribution in [3.05, 3.63) is 65.7 Å². The molecule has 0 bridgehead atoms. The molecule has 1 amide bonds. The number of amides is 1. The van der Waals surface area contributed by atoms with E-state index in [-0.39, 0.29) is 17.1 Å². The molecule has 26 heavy (non-hydrogen) atoms. The summed E-state index contributed by atoms with van der Waals surface area (Å²) in [5.41, 5.74) is 1.93. The van der Waals surface area contributed by atoms with Crippen LogP contribution < -0.4 is 0 Å². The zero-order valence-corrected chi connectivity index (χ0v) is 14.9. The Morgan fingerprint density at radius 1 is 1.04 bits per heavy atom. The van der Waals surface area contributed by atoms with Crippen LogP contribution in [0.1, 0.15) is 30.4 Å². The van der Waals surface area contributed by atoms with E-state index in [1.807, 2.05) is 35.4 Å². The molecule has 136 valence electrons. The predicted octanol–water partition coefficient (Wildman–Crippen LogP) is 3.24. The number of piperidine rings is 1. The number of nitrogens with zero attached hydrogens (tertiary/aromatic N) is 3. The van der Waals surface area contributed by atoms with E-state index in [9.17, 15) is 9.18 Å². The summed E-state index contributed by atoms with van der Waals surface area (Å²) < 4.78 is 13.1. The Morgan fingerprint density at radius 2 is 1.88 bits per heavy atom. The summed E-state index contributed by atoms with van der Waals surface area (Å²) >= 11 is 0. The lowest BCUT2D eigenvalue weighted by atomic mass is 9.78. The number of halogens is 1. The molecular weight excluding hydrogens is 329 g/mol. The van der Waals surface area contributed by atoms with Gasteiger partial charge in [0.05, 0.1) is 5.41 Å². The first-order chi connectivity index (χ1) is 12.6. The minimum Gasteiger partial charge on any atom is -0.338 e. The molecule has 2 saturated heterocycles. The topological polar surface area (TPSA) is 36.4 Å². The van der Waals surface area contributed by atoms with Crippen molar-refractivity contribution in [3.63, 3.8) is 0 Å². The van der Waals surface area contributed by atoms with Crippen molar-refractivity contribution in [2.45, 2.75) is 32.4 Å². The van der Waals surface area contributed by atoms with Gasteiger partial charge in [-0.2, -0.15) is 0 Å². The molecule has 2 aliphatic rings. The van der Waals surface area contributed by atoms with Gasteiger partial charge in [-0.25, -0.2) is 4.39 Å². The number of hydrogen-bond acceptors (Lipinski definition) is 3. The highest BCUT2D eigenvalue weighted by molar-refractivity contribution is 5.85. The van der Waals surface area contributed by atoms with Gasteiger partial charge in [0.2, 0.25) is 5.91 Å². The highest BCUT2D eigenvalue weighted by Gasteiger charge is 2.48. The molecule has 3 heterocycles. The quantitative estimate of drug-likeness (QED) is 0.847. The van der Waals surface area contributed by atoms with Gasteiger partial charge >= 0.3 is 0 Å². The minimum absolute atomic E-state index is 0.208. The number of carbonyl (C=O) groups is 1. The molecule has 0 aliphatic carbocycles. The number of benzene rings is 1. The molecule has 2 fully saturated rings. The Bertz CT molecular complexity index is 765. The minimum atomic E-state index is -0.250. The Kier molecular flexibility index (Phi) is 4.72. The third-order valence-corrected chi connectivity index (χ3v) is 5.67. The van der Waals surface area contributed by atoms with Crippen LogP contribution >= 0.6 is 0 Å². The van der Waals surface area contributed by atoms with Gasteiger partial charge in [0, 0.05) is 38.6 Å². The zero-order chi connectivity index (χ0) is 18.0. The molecule has 5 heteroatoms. The Labute approximate surface area is 153 Å². The van der Waals surface area contributed by atoms with E-state index in [1.54, 1.807) is 6.20 Å². The van der Waals surface area contributed by atoms with Gasteiger partial charge < -0.3 is 4.90 Å². The molecule has 0 radical (unpaired) electrons. The molecule has 1 aromatic heterocycles. The summed E-state index contributed by atoms with van der Waals surface area (Å²) in [6, 6.07) is 10.6. The molecule has 0 N–H and O–H groups in total. The molecule has 0 saturated carbocycles. The van der Waals surface area contributed by atoms with Gasteiger partial charge in [0.25, 0.3) is 0 Å². The first-order valence-electron chi connectivity index (χ1n) is 9.30. The second-order valence-electron chi connectivity index (χ2n) is 7.56. The summed E-state index contributed by atoms with van der Waals surface area (Å²) in [5, 5.41) is 0. The van der Waals surface area contributed by atoms with Gasteiger partial charge in [-0.1, -0.05) is 18.2 Å². The van der Waals surface area contributed by atoms with Gasteiger partial charge in [-0.15, -0.1) is 0 Å². The van der Waals surface area contributed by atoms with Crippen LogP contribution in [0.3, 0.4) is 0 Å². The van der Waals surface area contributed by atoms with Crippen molar-refractivity contribution in [2.24, 2.45) is 5.41 Å². The molecule has 4 rings (SSSR count). The number of likely N-dealkylation sites (tertiary alicyclic amines) is 2. The van der Waals surface area contributed by atoms with Crippen LogP contribution in [0.25, 0.3) is 0 Å². The van der Waals surface area contributed by atoms with Crippen LogP contribution in [0, 0.1) is 11.2 Å². The maximum Gasteiger partial charge on any atom is 0.230 e. The van der Waals surface area contributed by atoms with Crippen LogP contribution in [-0.4, -0.2) is 40.3 Å². The van der Waals surface area contributed by atoms with E-state index in [1.165, 1.54) is 12.1 Å². The Balaban J connectivity index is 1.43. The van der Waals surface area contributed by atoms with Crippen molar-refractivity contribution >= 4 is 5.91 Å². The van der Waals surface area contributed by atoms with Crippen molar-refractivity contribution in [1.82, 2.24) is 14.8 Å². The summed E-state index contributed by atoms with van der Waals surface area (Å²) in [7, 11) is 0. The summed E-state index contributed by atoms with van der Waals surface area (Å²) in [6.07, 6.45) is 6.51. The number of hydrogen-bond donors (Lipinski definition) is 0. The molecule has 1 atom stereocenters. The molecule has 0 unspecified atom stereocenters. The smallest absolute Gasteiger partial charge is 0.230 e. The second-order valence-corrected chi connectivity index (χ2v) is 7.56. The fourth-order valence-electron chi connectivity index (χ4n) is 4.34. The van der Waals surface area contributed by atoms with E-state index in [4.69, 9.17) is 0 Å². The number of carbonyl (C=O) groups excluding carboxylic acids is 1. The van der Waals surface area contributed by atoms with Gasteiger partial charge in [0.15, 0.2) is 0 Å². The standard InChI is InChI=1S/C21H24FN3O/c22-19-6-4-17(5-7-19)14-24-11-2-8-21(16-24)9-12-25(20(21)26)15-18-3-1-10-23-13-18/h1,3-7,10,13H,2,8-9,11-12,14-16H2/t21-/m1/s1. The van der Waals surface area contributed by atoms with Gasteiger partial charge in [-0.05, 0) is 55.1 Å². The third-order valence-electron chi connectivity index (χ3n) is 5.67. The summed E-state index contributed by atoms with van der Waals surface area (Å²) in [5.74, 6) is 0.0750. The zero-order valence-electron chi connectivity index (χ0n) is 14.9. The van der Waals surface area contributed by atoms with E-state index < -0.39 is 0 Å². The van der Waals surface area contributed by atoms with E-state index in [0.717, 1.165) is 56.6 Å². The average molecular weight is 353 g/mol. The van der Waals surface area contributed by atoms with Crippen molar-refractivity contribution < 1.29 is 9.18 Å².